The van der Waals surface area contributed by atoms with Gasteiger partial charge in [-0.3, -0.25) is 9.59 Å². The van der Waals surface area contributed by atoms with E-state index in [0.29, 0.717) is 50.2 Å². The zero-order chi connectivity index (χ0) is 26.7. The standard InChI is InChI=1S/C27H29FN8O2/c1-30-25(38)19-6-8-22-17(13-19)4-5-18-14-20(28)7-9-23(18)27(22,26-32-34-35-33-26)10-11-31-16-24(37)36-12-2-3-21(36)15-29/h6-9,13-14,21,31H,2-5,10-12,16H2,1H3,(H,30,38)(H,32,33,34,35)/t21-,27?/m0/s1. The zero-order valence-corrected chi connectivity index (χ0v) is 21.1. The molecule has 11 heteroatoms. The van der Waals surface area contributed by atoms with Crippen molar-refractivity contribution in [3.8, 4) is 6.07 Å². The van der Waals surface area contributed by atoms with Crippen molar-refractivity contribution < 1.29 is 14.0 Å². The van der Waals surface area contributed by atoms with Crippen LogP contribution in [0.3, 0.4) is 0 Å². The molecule has 1 unspecified atom stereocenters. The molecule has 1 saturated heterocycles. The highest BCUT2D eigenvalue weighted by molar-refractivity contribution is 5.94. The van der Waals surface area contributed by atoms with Gasteiger partial charge in [0.05, 0.1) is 18.0 Å². The number of carbonyl (C=O) groups is 2. The lowest BCUT2D eigenvalue weighted by Crippen LogP contribution is -2.42. The van der Waals surface area contributed by atoms with Crippen LogP contribution in [0.15, 0.2) is 36.4 Å². The summed E-state index contributed by atoms with van der Waals surface area (Å²) in [5.41, 5.74) is 3.24. The SMILES string of the molecule is CNC(=O)c1ccc2c(c1)CCc1cc(F)ccc1C2(CCNCC(=O)N1CCC[C@H]1C#N)c1nnn[nH]1. The molecule has 1 aromatic heterocycles. The molecule has 38 heavy (non-hydrogen) atoms. The number of hydrogen-bond donors (Lipinski definition) is 3. The van der Waals surface area contributed by atoms with Gasteiger partial charge < -0.3 is 15.5 Å². The molecule has 1 aliphatic carbocycles. The van der Waals surface area contributed by atoms with Crippen LogP contribution in [0.5, 0.6) is 0 Å². The fraction of sp³-hybridized carbons (Fsp3) is 0.407. The Hall–Kier alpha value is -4.17. The van der Waals surface area contributed by atoms with Gasteiger partial charge in [-0.25, -0.2) is 9.49 Å². The van der Waals surface area contributed by atoms with E-state index in [9.17, 15) is 19.2 Å². The number of halogens is 1. The fourth-order valence-electron chi connectivity index (χ4n) is 5.86. The number of nitrogens with zero attached hydrogens (tertiary/aromatic N) is 5. The highest BCUT2D eigenvalue weighted by Gasteiger charge is 2.44. The summed E-state index contributed by atoms with van der Waals surface area (Å²) >= 11 is 0. The van der Waals surface area contributed by atoms with Gasteiger partial charge in [0.15, 0.2) is 5.82 Å². The van der Waals surface area contributed by atoms with Crippen molar-refractivity contribution >= 4 is 11.8 Å². The second kappa shape index (κ2) is 10.7. The first kappa shape index (κ1) is 25.5. The molecule has 2 amide bonds. The number of likely N-dealkylation sites (tertiary alicyclic amines) is 1. The summed E-state index contributed by atoms with van der Waals surface area (Å²) < 4.78 is 14.4. The summed E-state index contributed by atoms with van der Waals surface area (Å²) in [6.45, 7) is 1.11. The van der Waals surface area contributed by atoms with Crippen molar-refractivity contribution in [1.82, 2.24) is 36.2 Å². The molecule has 196 valence electrons. The van der Waals surface area contributed by atoms with Gasteiger partial charge in [-0.15, -0.1) is 5.10 Å². The first-order valence-corrected chi connectivity index (χ1v) is 12.8. The predicted octanol–water partition coefficient (Wildman–Crippen LogP) is 1.63. The quantitative estimate of drug-likeness (QED) is 0.406. The van der Waals surface area contributed by atoms with Gasteiger partial charge in [0.25, 0.3) is 5.91 Å². The van der Waals surface area contributed by atoms with Crippen LogP contribution in [0, 0.1) is 17.1 Å². The van der Waals surface area contributed by atoms with E-state index in [2.05, 4.69) is 37.3 Å². The van der Waals surface area contributed by atoms with Crippen LogP contribution in [-0.4, -0.2) is 70.1 Å². The Morgan fingerprint density at radius 3 is 2.68 bits per heavy atom. The van der Waals surface area contributed by atoms with Crippen LogP contribution in [-0.2, 0) is 23.1 Å². The van der Waals surface area contributed by atoms with Crippen molar-refractivity contribution in [2.45, 2.75) is 43.6 Å². The molecule has 2 aromatic carbocycles. The average molecular weight is 517 g/mol. The average Bonchev–Trinajstić information content (AvgIpc) is 3.63. The predicted molar refractivity (Wildman–Crippen MR) is 136 cm³/mol. The minimum Gasteiger partial charge on any atom is -0.355 e. The first-order chi connectivity index (χ1) is 18.5. The Balaban J connectivity index is 1.52. The van der Waals surface area contributed by atoms with Crippen molar-refractivity contribution in [2.24, 2.45) is 0 Å². The van der Waals surface area contributed by atoms with Crippen molar-refractivity contribution in [2.75, 3.05) is 26.7 Å². The van der Waals surface area contributed by atoms with Crippen molar-refractivity contribution in [1.29, 1.82) is 5.26 Å². The topological polar surface area (TPSA) is 140 Å². The lowest BCUT2D eigenvalue weighted by molar-refractivity contribution is -0.130. The third kappa shape index (κ3) is 4.52. The smallest absolute Gasteiger partial charge is 0.251 e. The summed E-state index contributed by atoms with van der Waals surface area (Å²) in [6.07, 6.45) is 3.18. The fourth-order valence-corrected chi connectivity index (χ4v) is 5.86. The second-order valence-corrected chi connectivity index (χ2v) is 9.71. The Kier molecular flexibility index (Phi) is 7.15. The maximum atomic E-state index is 14.4. The number of hydrogen-bond acceptors (Lipinski definition) is 7. The normalized spacial score (nSPS) is 20.2. The minimum atomic E-state index is -0.877. The van der Waals surface area contributed by atoms with Gasteiger partial charge in [0, 0.05) is 19.2 Å². The number of tetrazole rings is 1. The van der Waals surface area contributed by atoms with E-state index in [1.54, 1.807) is 30.1 Å². The number of amides is 2. The third-order valence-corrected chi connectivity index (χ3v) is 7.67. The van der Waals surface area contributed by atoms with Crippen LogP contribution < -0.4 is 10.6 Å². The van der Waals surface area contributed by atoms with Crippen LogP contribution in [0.2, 0.25) is 0 Å². The maximum absolute atomic E-state index is 14.4. The minimum absolute atomic E-state index is 0.0989. The van der Waals surface area contributed by atoms with E-state index < -0.39 is 5.41 Å². The van der Waals surface area contributed by atoms with E-state index in [1.165, 1.54) is 6.07 Å². The highest BCUT2D eigenvalue weighted by atomic mass is 19.1. The lowest BCUT2D eigenvalue weighted by Gasteiger charge is -2.34. The summed E-state index contributed by atoms with van der Waals surface area (Å²) in [5.74, 6) is -0.126. The third-order valence-electron chi connectivity index (χ3n) is 7.67. The molecular formula is C27H29FN8O2. The molecule has 2 aliphatic rings. The Labute approximate surface area is 219 Å². The summed E-state index contributed by atoms with van der Waals surface area (Å²) in [4.78, 5) is 26.8. The molecule has 3 aromatic rings. The number of H-pyrrole nitrogens is 1. The Morgan fingerprint density at radius 1 is 1.21 bits per heavy atom. The van der Waals surface area contributed by atoms with Gasteiger partial charge in [0.2, 0.25) is 5.91 Å². The molecule has 0 radical (unpaired) electrons. The monoisotopic (exact) mass is 516 g/mol. The molecule has 0 bridgehead atoms. The van der Waals surface area contributed by atoms with E-state index in [-0.39, 0.29) is 30.2 Å². The molecule has 0 saturated carbocycles. The number of fused-ring (bicyclic) bond motifs is 2. The number of aromatic amines is 1. The van der Waals surface area contributed by atoms with Gasteiger partial charge in [0.1, 0.15) is 11.9 Å². The first-order valence-electron chi connectivity index (χ1n) is 12.8. The number of benzene rings is 2. The zero-order valence-electron chi connectivity index (χ0n) is 21.1. The van der Waals surface area contributed by atoms with Gasteiger partial charge >= 0.3 is 0 Å². The van der Waals surface area contributed by atoms with E-state index >= 15 is 0 Å². The number of nitriles is 1. The molecule has 2 heterocycles. The van der Waals surface area contributed by atoms with Gasteiger partial charge in [-0.05, 0) is 95.6 Å². The number of carbonyl (C=O) groups excluding carboxylic acids is 2. The number of nitrogens with one attached hydrogen (secondary N) is 3. The Morgan fingerprint density at radius 2 is 1.97 bits per heavy atom. The van der Waals surface area contributed by atoms with Crippen molar-refractivity contribution in [3.63, 3.8) is 0 Å². The van der Waals surface area contributed by atoms with Gasteiger partial charge in [-0.2, -0.15) is 5.26 Å². The molecular weight excluding hydrogens is 487 g/mol. The summed E-state index contributed by atoms with van der Waals surface area (Å²) in [6, 6.07) is 12.2. The maximum Gasteiger partial charge on any atom is 0.251 e. The van der Waals surface area contributed by atoms with Crippen LogP contribution >= 0.6 is 0 Å². The summed E-state index contributed by atoms with van der Waals surface area (Å²) in [7, 11) is 1.59. The summed E-state index contributed by atoms with van der Waals surface area (Å²) in [5, 5.41) is 30.2. The van der Waals surface area contributed by atoms with Crippen LogP contribution in [0.4, 0.5) is 4.39 Å². The number of rotatable bonds is 7. The number of aryl methyl sites for hydroxylation is 2. The van der Waals surface area contributed by atoms with E-state index in [1.807, 2.05) is 12.1 Å². The molecule has 10 nitrogen and oxygen atoms in total. The molecule has 1 fully saturated rings. The Bertz CT molecular complexity index is 1390. The highest BCUT2D eigenvalue weighted by Crippen LogP contribution is 2.46. The second-order valence-electron chi connectivity index (χ2n) is 9.71. The van der Waals surface area contributed by atoms with E-state index in [0.717, 1.165) is 28.7 Å². The molecule has 0 spiro atoms. The largest absolute Gasteiger partial charge is 0.355 e. The van der Waals surface area contributed by atoms with E-state index in [4.69, 9.17) is 0 Å². The molecule has 5 rings (SSSR count). The molecule has 3 N–H and O–H groups in total. The van der Waals surface area contributed by atoms with Crippen molar-refractivity contribution in [3.05, 3.63) is 75.9 Å². The number of aromatic nitrogens is 4. The van der Waals surface area contributed by atoms with Crippen LogP contribution in [0.1, 0.15) is 57.7 Å². The molecule has 2 atom stereocenters. The van der Waals surface area contributed by atoms with Gasteiger partial charge in [-0.1, -0.05) is 12.1 Å². The molecule has 1 aliphatic heterocycles. The lowest BCUT2D eigenvalue weighted by atomic mass is 9.69. The van der Waals surface area contributed by atoms with Crippen LogP contribution in [0.25, 0.3) is 0 Å².